The quantitative estimate of drug-likeness (QED) is 0.669. The maximum Gasteiger partial charge on any atom is 0.239 e. The number of anilines is 1. The standard InChI is InChI=1S/C19H19B3N6O/c20-19(21,22)28-11-15(10-23-28)13-4-5-16-14(8-13)9-17(26-25-16)24-18(29)12-27-6-2-1-3-7-27/h4-5,8-11H,1-3,6-7,12H2,(H,24,26,29). The van der Waals surface area contributed by atoms with Crippen molar-refractivity contribution in [2.24, 2.45) is 0 Å². The molecule has 3 aromatic rings. The second kappa shape index (κ2) is 8.03. The highest BCUT2D eigenvalue weighted by Gasteiger charge is 2.15. The number of carbonyl (C=O) groups excluding carboxylic acids is 1. The van der Waals surface area contributed by atoms with Crippen LogP contribution in [0, 0.1) is 0 Å². The minimum atomic E-state index is -1.56. The summed E-state index contributed by atoms with van der Waals surface area (Å²) in [5.74, 6) is 0.348. The molecular weight excluding hydrogens is 361 g/mol. The van der Waals surface area contributed by atoms with Crippen molar-refractivity contribution in [3.8, 4) is 11.1 Å². The van der Waals surface area contributed by atoms with Crippen LogP contribution in [0.25, 0.3) is 22.0 Å². The summed E-state index contributed by atoms with van der Waals surface area (Å²) in [5.41, 5.74) is 2.43. The number of piperidine rings is 1. The number of amides is 1. The molecule has 4 rings (SSSR count). The molecule has 140 valence electrons. The smallest absolute Gasteiger partial charge is 0.239 e. The van der Waals surface area contributed by atoms with E-state index in [2.05, 4.69) is 25.5 Å². The van der Waals surface area contributed by atoms with Crippen LogP contribution in [-0.4, -0.2) is 74.0 Å². The molecule has 3 heterocycles. The second-order valence-electron chi connectivity index (χ2n) is 7.45. The Morgan fingerprint density at radius 1 is 1.07 bits per heavy atom. The van der Waals surface area contributed by atoms with E-state index in [0.717, 1.165) is 48.0 Å². The number of hydrogen-bond acceptors (Lipinski definition) is 5. The second-order valence-corrected chi connectivity index (χ2v) is 7.45. The highest BCUT2D eigenvalue weighted by Crippen LogP contribution is 2.25. The lowest BCUT2D eigenvalue weighted by atomic mass is 9.49. The minimum absolute atomic E-state index is 0.0804. The van der Waals surface area contributed by atoms with Gasteiger partial charge in [0.15, 0.2) is 5.82 Å². The summed E-state index contributed by atoms with van der Waals surface area (Å²) >= 11 is 0. The summed E-state index contributed by atoms with van der Waals surface area (Å²) in [7, 11) is 17.0. The largest absolute Gasteiger partial charge is 0.308 e. The Kier molecular flexibility index (Phi) is 5.45. The average molecular weight is 380 g/mol. The predicted molar refractivity (Wildman–Crippen MR) is 115 cm³/mol. The van der Waals surface area contributed by atoms with Crippen molar-refractivity contribution in [3.63, 3.8) is 0 Å². The number of aromatic nitrogens is 4. The molecule has 2 aromatic heterocycles. The van der Waals surface area contributed by atoms with Crippen LogP contribution in [0.1, 0.15) is 19.3 Å². The fraction of sp³-hybridized carbons (Fsp3) is 0.368. The van der Waals surface area contributed by atoms with Crippen molar-refractivity contribution in [3.05, 3.63) is 36.7 Å². The summed E-state index contributed by atoms with van der Waals surface area (Å²) < 4.78 is 1.30. The minimum Gasteiger partial charge on any atom is -0.308 e. The Morgan fingerprint density at radius 3 is 2.59 bits per heavy atom. The molecule has 1 aromatic carbocycles. The predicted octanol–water partition coefficient (Wildman–Crippen LogP) is 0.991. The molecule has 0 bridgehead atoms. The lowest BCUT2D eigenvalue weighted by molar-refractivity contribution is -0.117. The normalized spacial score (nSPS) is 15.4. The highest BCUT2D eigenvalue weighted by molar-refractivity contribution is 6.56. The van der Waals surface area contributed by atoms with Gasteiger partial charge in [0.2, 0.25) is 5.91 Å². The zero-order chi connectivity index (χ0) is 20.4. The number of benzene rings is 1. The highest BCUT2D eigenvalue weighted by atomic mass is 16.2. The Morgan fingerprint density at radius 2 is 1.86 bits per heavy atom. The fourth-order valence-corrected chi connectivity index (χ4v) is 3.47. The van der Waals surface area contributed by atoms with Crippen LogP contribution < -0.4 is 5.32 Å². The Balaban J connectivity index is 1.52. The molecule has 29 heavy (non-hydrogen) atoms. The van der Waals surface area contributed by atoms with Crippen LogP contribution in [0.4, 0.5) is 5.82 Å². The van der Waals surface area contributed by atoms with E-state index in [1.165, 1.54) is 11.1 Å². The van der Waals surface area contributed by atoms with Crippen molar-refractivity contribution in [1.82, 2.24) is 24.9 Å². The maximum absolute atomic E-state index is 12.3. The van der Waals surface area contributed by atoms with Crippen molar-refractivity contribution in [2.45, 2.75) is 24.5 Å². The zero-order valence-electron chi connectivity index (χ0n) is 16.1. The molecule has 6 radical (unpaired) electrons. The molecule has 1 aliphatic heterocycles. The van der Waals surface area contributed by atoms with Gasteiger partial charge in [-0.05, 0) is 54.9 Å². The summed E-state index contributed by atoms with van der Waals surface area (Å²) in [6.45, 7) is 2.30. The van der Waals surface area contributed by atoms with Crippen LogP contribution in [-0.2, 0) is 10.0 Å². The van der Waals surface area contributed by atoms with Gasteiger partial charge in [-0.25, -0.2) is 0 Å². The fourth-order valence-electron chi connectivity index (χ4n) is 3.47. The molecule has 7 nitrogen and oxygen atoms in total. The zero-order valence-corrected chi connectivity index (χ0v) is 16.1. The van der Waals surface area contributed by atoms with Crippen molar-refractivity contribution in [1.29, 1.82) is 0 Å². The summed E-state index contributed by atoms with van der Waals surface area (Å²) in [5, 5.41) is 14.5. The molecule has 0 spiro atoms. The third kappa shape index (κ3) is 4.70. The van der Waals surface area contributed by atoms with E-state index < -0.39 is 5.24 Å². The number of nitrogens with one attached hydrogen (secondary N) is 1. The molecule has 0 aliphatic carbocycles. The van der Waals surface area contributed by atoms with Crippen LogP contribution in [0.15, 0.2) is 36.7 Å². The number of fused-ring (bicyclic) bond motifs is 1. The Labute approximate surface area is 173 Å². The Hall–Kier alpha value is -2.61. The number of likely N-dealkylation sites (tertiary alicyclic amines) is 1. The van der Waals surface area contributed by atoms with Gasteiger partial charge in [-0.3, -0.25) is 14.4 Å². The Bertz CT molecular complexity index is 1030. The number of carbonyl (C=O) groups is 1. The molecule has 1 amide bonds. The first-order valence-corrected chi connectivity index (χ1v) is 9.60. The van der Waals surface area contributed by atoms with Crippen LogP contribution in [0.5, 0.6) is 0 Å². The molecule has 1 fully saturated rings. The van der Waals surface area contributed by atoms with Crippen molar-refractivity contribution >= 4 is 46.2 Å². The monoisotopic (exact) mass is 380 g/mol. The van der Waals surface area contributed by atoms with E-state index in [4.69, 9.17) is 23.5 Å². The van der Waals surface area contributed by atoms with Crippen LogP contribution >= 0.6 is 0 Å². The van der Waals surface area contributed by atoms with E-state index in [9.17, 15) is 4.79 Å². The van der Waals surface area contributed by atoms with Gasteiger partial charge in [0.1, 0.15) is 0 Å². The van der Waals surface area contributed by atoms with E-state index in [0.29, 0.717) is 12.4 Å². The molecule has 0 unspecified atom stereocenters. The molecule has 1 saturated heterocycles. The molecule has 0 atom stereocenters. The number of rotatable bonds is 5. The van der Waals surface area contributed by atoms with Gasteiger partial charge < -0.3 is 5.32 Å². The van der Waals surface area contributed by atoms with Crippen LogP contribution in [0.3, 0.4) is 0 Å². The first-order chi connectivity index (χ1) is 13.9. The lowest BCUT2D eigenvalue weighted by Gasteiger charge is -2.25. The molecular formula is C19H19B3N6O. The summed E-state index contributed by atoms with van der Waals surface area (Å²) in [6, 6.07) is 7.51. The molecule has 10 heteroatoms. The van der Waals surface area contributed by atoms with Gasteiger partial charge in [0.25, 0.3) is 0 Å². The van der Waals surface area contributed by atoms with Crippen molar-refractivity contribution < 1.29 is 4.79 Å². The first-order valence-electron chi connectivity index (χ1n) is 9.60. The van der Waals surface area contributed by atoms with E-state index in [-0.39, 0.29) is 5.91 Å². The SMILES string of the molecule is [B]C([B])([B])n1cc(-c2ccc3nnc(NC(=O)CN4CCCCC4)cc3c2)cn1. The summed E-state index contributed by atoms with van der Waals surface area (Å²) in [4.78, 5) is 14.5. The van der Waals surface area contributed by atoms with Gasteiger partial charge in [-0.15, -0.1) is 10.2 Å². The van der Waals surface area contributed by atoms with Gasteiger partial charge >= 0.3 is 0 Å². The van der Waals surface area contributed by atoms with E-state index in [1.807, 2.05) is 24.3 Å². The molecule has 1 aliphatic rings. The molecule has 0 saturated carbocycles. The number of hydrogen-bond donors (Lipinski definition) is 1. The number of nitrogens with zero attached hydrogens (tertiary/aromatic N) is 5. The summed E-state index contributed by atoms with van der Waals surface area (Å²) in [6.07, 6.45) is 6.83. The first kappa shape index (κ1) is 19.7. The van der Waals surface area contributed by atoms with E-state index >= 15 is 0 Å². The van der Waals surface area contributed by atoms with Gasteiger partial charge in [-0.2, -0.15) is 5.10 Å². The van der Waals surface area contributed by atoms with Gasteiger partial charge in [0, 0.05) is 17.1 Å². The molecule has 1 N–H and O–H groups in total. The maximum atomic E-state index is 12.3. The average Bonchev–Trinajstić information content (AvgIpc) is 3.19. The topological polar surface area (TPSA) is 75.9 Å². The van der Waals surface area contributed by atoms with Crippen molar-refractivity contribution in [2.75, 3.05) is 25.0 Å². The van der Waals surface area contributed by atoms with Gasteiger partial charge in [-0.1, -0.05) is 12.5 Å². The third-order valence-corrected chi connectivity index (χ3v) is 4.98. The van der Waals surface area contributed by atoms with E-state index in [1.54, 1.807) is 12.4 Å². The lowest BCUT2D eigenvalue weighted by Crippen LogP contribution is -2.37. The third-order valence-electron chi connectivity index (χ3n) is 4.98. The van der Waals surface area contributed by atoms with Gasteiger partial charge in [0.05, 0.1) is 41.8 Å². The van der Waals surface area contributed by atoms with Crippen LogP contribution in [0.2, 0.25) is 0 Å².